The first-order chi connectivity index (χ1) is 18.2. The number of hydrogen-bond acceptors (Lipinski definition) is 6. The fraction of sp³-hybridized carbons (Fsp3) is 0.167. The minimum atomic E-state index is -0.507. The maximum Gasteiger partial charge on any atom is 0.308 e. The Balaban J connectivity index is 1.72. The number of anilines is 1. The molecule has 194 valence electrons. The molecule has 0 atom stereocenters. The van der Waals surface area contributed by atoms with E-state index in [0.29, 0.717) is 27.8 Å². The second-order valence-electron chi connectivity index (χ2n) is 8.68. The third-order valence-electron chi connectivity index (χ3n) is 5.86. The van der Waals surface area contributed by atoms with Crippen molar-refractivity contribution in [2.45, 2.75) is 20.8 Å². The van der Waals surface area contributed by atoms with Crippen LogP contribution in [0, 0.1) is 13.8 Å². The lowest BCUT2D eigenvalue weighted by atomic mass is 9.96. The molecule has 0 aliphatic rings. The van der Waals surface area contributed by atoms with E-state index < -0.39 is 5.97 Å². The number of aromatic nitrogens is 1. The number of carbonyl (C=O) groups excluding carboxylic acids is 2. The first-order valence-electron chi connectivity index (χ1n) is 11.8. The van der Waals surface area contributed by atoms with Crippen LogP contribution in [0.2, 0.25) is 5.02 Å². The predicted octanol–water partition coefficient (Wildman–Crippen LogP) is 6.77. The predicted molar refractivity (Wildman–Crippen MR) is 150 cm³/mol. The summed E-state index contributed by atoms with van der Waals surface area (Å²) < 4.78 is 15.9. The van der Waals surface area contributed by atoms with E-state index in [-0.39, 0.29) is 11.7 Å². The number of nitrogens with one attached hydrogen (secondary N) is 1. The van der Waals surface area contributed by atoms with Crippen molar-refractivity contribution in [2.24, 2.45) is 0 Å². The molecule has 0 spiro atoms. The summed E-state index contributed by atoms with van der Waals surface area (Å²) in [5, 5.41) is 4.42. The molecular formula is C30H27ClN2O5. The van der Waals surface area contributed by atoms with Crippen molar-refractivity contribution in [1.29, 1.82) is 0 Å². The number of aryl methyl sites for hydroxylation is 2. The number of pyridine rings is 1. The molecule has 4 aromatic rings. The Bertz CT molecular complexity index is 1550. The summed E-state index contributed by atoms with van der Waals surface area (Å²) >= 11 is 6.59. The highest BCUT2D eigenvalue weighted by Crippen LogP contribution is 2.40. The quantitative estimate of drug-likeness (QED) is 0.161. The number of ether oxygens (including phenoxy) is 3. The van der Waals surface area contributed by atoms with Crippen LogP contribution in [0.5, 0.6) is 17.2 Å². The Hall–Kier alpha value is -4.36. The Labute approximate surface area is 226 Å². The number of carbonyl (C=O) groups is 2. The normalized spacial score (nSPS) is 11.0. The molecule has 38 heavy (non-hydrogen) atoms. The van der Waals surface area contributed by atoms with Gasteiger partial charge in [-0.25, -0.2) is 0 Å². The lowest BCUT2D eigenvalue weighted by Gasteiger charge is -2.16. The Morgan fingerprint density at radius 2 is 1.68 bits per heavy atom. The molecule has 1 amide bonds. The lowest BCUT2D eigenvalue weighted by molar-refractivity contribution is -0.132. The number of amides is 1. The minimum Gasteiger partial charge on any atom is -0.493 e. The molecule has 1 aromatic heterocycles. The molecule has 1 heterocycles. The molecule has 0 saturated heterocycles. The summed E-state index contributed by atoms with van der Waals surface area (Å²) in [4.78, 5) is 29.2. The third-order valence-corrected chi connectivity index (χ3v) is 6.19. The van der Waals surface area contributed by atoms with Crippen LogP contribution in [0.4, 0.5) is 5.69 Å². The Morgan fingerprint density at radius 1 is 1.00 bits per heavy atom. The van der Waals surface area contributed by atoms with Crippen molar-refractivity contribution < 1.29 is 23.8 Å². The zero-order valence-corrected chi connectivity index (χ0v) is 22.5. The van der Waals surface area contributed by atoms with Crippen LogP contribution in [0.1, 0.15) is 23.6 Å². The summed E-state index contributed by atoms with van der Waals surface area (Å²) in [5.41, 5.74) is 5.68. The molecule has 0 radical (unpaired) electrons. The van der Waals surface area contributed by atoms with Gasteiger partial charge in [0.15, 0.2) is 11.5 Å². The summed E-state index contributed by atoms with van der Waals surface area (Å²) in [6, 6.07) is 14.9. The molecule has 4 rings (SSSR count). The number of esters is 1. The first kappa shape index (κ1) is 26.7. The van der Waals surface area contributed by atoms with Crippen LogP contribution >= 0.6 is 11.6 Å². The SMILES string of the molecule is COc1cc(C=CC(=O)Nc2cnc3c(C)cc(C)cc3c2-c2ccccc2Cl)cc(OC)c1OC(C)=O. The molecule has 0 aliphatic carbocycles. The number of rotatable bonds is 7. The van der Waals surface area contributed by atoms with Gasteiger partial charge in [-0.3, -0.25) is 14.6 Å². The third kappa shape index (κ3) is 5.63. The Kier molecular flexibility index (Phi) is 7.98. The van der Waals surface area contributed by atoms with Gasteiger partial charge in [0.1, 0.15) is 0 Å². The fourth-order valence-electron chi connectivity index (χ4n) is 4.30. The van der Waals surface area contributed by atoms with Gasteiger partial charge < -0.3 is 19.5 Å². The first-order valence-corrected chi connectivity index (χ1v) is 12.2. The summed E-state index contributed by atoms with van der Waals surface area (Å²) in [5.74, 6) is -0.115. The van der Waals surface area contributed by atoms with E-state index in [4.69, 9.17) is 25.8 Å². The van der Waals surface area contributed by atoms with Gasteiger partial charge in [-0.1, -0.05) is 41.4 Å². The molecular weight excluding hydrogens is 504 g/mol. The number of benzene rings is 3. The average Bonchev–Trinajstić information content (AvgIpc) is 2.88. The van der Waals surface area contributed by atoms with Gasteiger partial charge in [0.2, 0.25) is 11.7 Å². The van der Waals surface area contributed by atoms with Crippen molar-refractivity contribution >= 4 is 46.1 Å². The maximum absolute atomic E-state index is 13.1. The monoisotopic (exact) mass is 530 g/mol. The highest BCUT2D eigenvalue weighted by atomic mass is 35.5. The van der Waals surface area contributed by atoms with Gasteiger partial charge in [-0.15, -0.1) is 0 Å². The fourth-order valence-corrected chi connectivity index (χ4v) is 4.53. The number of nitrogens with zero attached hydrogens (tertiary/aromatic N) is 1. The van der Waals surface area contributed by atoms with Crippen molar-refractivity contribution in [3.63, 3.8) is 0 Å². The lowest BCUT2D eigenvalue weighted by Crippen LogP contribution is -2.10. The number of fused-ring (bicyclic) bond motifs is 1. The van der Waals surface area contributed by atoms with Gasteiger partial charge in [0.05, 0.1) is 31.6 Å². The zero-order chi connectivity index (χ0) is 27.4. The average molecular weight is 531 g/mol. The van der Waals surface area contributed by atoms with Gasteiger partial charge in [0, 0.05) is 34.5 Å². The maximum atomic E-state index is 13.1. The number of methoxy groups -OCH3 is 2. The molecule has 8 heteroatoms. The van der Waals surface area contributed by atoms with Crippen LogP contribution in [-0.4, -0.2) is 31.1 Å². The van der Waals surface area contributed by atoms with Crippen LogP contribution in [-0.2, 0) is 9.59 Å². The molecule has 0 aliphatic heterocycles. The van der Waals surface area contributed by atoms with E-state index >= 15 is 0 Å². The van der Waals surface area contributed by atoms with E-state index in [0.717, 1.165) is 33.2 Å². The van der Waals surface area contributed by atoms with Gasteiger partial charge in [-0.2, -0.15) is 0 Å². The summed E-state index contributed by atoms with van der Waals surface area (Å²) in [7, 11) is 2.91. The van der Waals surface area contributed by atoms with Crippen molar-refractivity contribution in [3.05, 3.63) is 82.5 Å². The smallest absolute Gasteiger partial charge is 0.308 e. The van der Waals surface area contributed by atoms with E-state index in [9.17, 15) is 9.59 Å². The van der Waals surface area contributed by atoms with Crippen molar-refractivity contribution in [1.82, 2.24) is 4.98 Å². The van der Waals surface area contributed by atoms with Crippen LogP contribution in [0.3, 0.4) is 0 Å². The topological polar surface area (TPSA) is 86.8 Å². The molecule has 0 unspecified atom stereocenters. The summed E-state index contributed by atoms with van der Waals surface area (Å²) in [6.45, 7) is 5.32. The van der Waals surface area contributed by atoms with E-state index in [1.165, 1.54) is 27.2 Å². The van der Waals surface area contributed by atoms with Gasteiger partial charge in [0.25, 0.3) is 0 Å². The van der Waals surface area contributed by atoms with Gasteiger partial charge >= 0.3 is 5.97 Å². The molecule has 0 bridgehead atoms. The minimum absolute atomic E-state index is 0.168. The summed E-state index contributed by atoms with van der Waals surface area (Å²) in [6.07, 6.45) is 4.65. The largest absolute Gasteiger partial charge is 0.493 e. The molecule has 3 aromatic carbocycles. The Morgan fingerprint density at radius 3 is 2.32 bits per heavy atom. The standard InChI is InChI=1S/C30H27ClN2O5/c1-17-12-18(2)29-22(13-17)28(21-8-6-7-9-23(21)31)24(16-32-29)33-27(35)11-10-20-14-25(36-4)30(38-19(3)34)26(15-20)37-5/h6-16H,1-5H3,(H,33,35). The van der Waals surface area contributed by atoms with E-state index in [1.807, 2.05) is 44.2 Å². The van der Waals surface area contributed by atoms with Gasteiger partial charge in [-0.05, 0) is 55.3 Å². The van der Waals surface area contributed by atoms with Crippen LogP contribution in [0.25, 0.3) is 28.1 Å². The molecule has 0 saturated carbocycles. The highest BCUT2D eigenvalue weighted by Gasteiger charge is 2.18. The zero-order valence-electron chi connectivity index (χ0n) is 21.7. The number of halogens is 1. The van der Waals surface area contributed by atoms with Crippen molar-refractivity contribution in [3.8, 4) is 28.4 Å². The van der Waals surface area contributed by atoms with Crippen LogP contribution in [0.15, 0.2) is 60.8 Å². The number of hydrogen-bond donors (Lipinski definition) is 1. The molecule has 1 N–H and O–H groups in total. The second kappa shape index (κ2) is 11.4. The van der Waals surface area contributed by atoms with E-state index in [1.54, 1.807) is 24.4 Å². The van der Waals surface area contributed by atoms with Crippen LogP contribution < -0.4 is 19.5 Å². The second-order valence-corrected chi connectivity index (χ2v) is 9.08. The van der Waals surface area contributed by atoms with Crippen molar-refractivity contribution in [2.75, 3.05) is 19.5 Å². The molecule has 7 nitrogen and oxygen atoms in total. The highest BCUT2D eigenvalue weighted by molar-refractivity contribution is 6.34. The van der Waals surface area contributed by atoms with E-state index in [2.05, 4.69) is 16.4 Å². The molecule has 0 fully saturated rings.